The van der Waals surface area contributed by atoms with E-state index < -0.39 is 17.5 Å². The average Bonchev–Trinajstić information content (AvgIpc) is 2.65. The van der Waals surface area contributed by atoms with Crippen molar-refractivity contribution in [2.45, 2.75) is 24.9 Å². The number of carboxylic acids is 1. The third-order valence-electron chi connectivity index (χ3n) is 2.83. The lowest BCUT2D eigenvalue weighted by Gasteiger charge is -2.22. The first-order valence-corrected chi connectivity index (χ1v) is 5.21. The fraction of sp³-hybridized carbons (Fsp3) is 0.333. The van der Waals surface area contributed by atoms with Crippen LogP contribution in [0.4, 0.5) is 4.39 Å². The molecule has 0 aliphatic carbocycles. The first-order chi connectivity index (χ1) is 8.02. The number of carbonyl (C=O) groups excluding carboxylic acids is 1. The molecule has 0 bridgehead atoms. The SMILES string of the molecule is O=C1CCC(Cc2ccc(F)cc2)(C(=O)O)O1. The van der Waals surface area contributed by atoms with Gasteiger partial charge in [0, 0.05) is 19.3 Å². The van der Waals surface area contributed by atoms with Crippen molar-refractivity contribution >= 4 is 11.9 Å². The summed E-state index contributed by atoms with van der Waals surface area (Å²) in [6, 6.07) is 5.49. The van der Waals surface area contributed by atoms with E-state index in [2.05, 4.69) is 0 Å². The summed E-state index contributed by atoms with van der Waals surface area (Å²) in [5.41, 5.74) is -0.863. The van der Waals surface area contributed by atoms with Gasteiger partial charge in [-0.05, 0) is 17.7 Å². The molecule has 0 spiro atoms. The van der Waals surface area contributed by atoms with Crippen LogP contribution < -0.4 is 0 Å². The molecule has 1 fully saturated rings. The maximum Gasteiger partial charge on any atom is 0.348 e. The van der Waals surface area contributed by atoms with Crippen LogP contribution in [0, 0.1) is 5.82 Å². The van der Waals surface area contributed by atoms with E-state index in [4.69, 9.17) is 9.84 Å². The van der Waals surface area contributed by atoms with Crippen molar-refractivity contribution in [2.24, 2.45) is 0 Å². The van der Waals surface area contributed by atoms with Gasteiger partial charge in [0.05, 0.1) is 0 Å². The molecule has 0 aromatic heterocycles. The molecule has 0 radical (unpaired) electrons. The summed E-state index contributed by atoms with van der Waals surface area (Å²) in [5.74, 6) is -2.05. The standard InChI is InChI=1S/C12H11FO4/c13-9-3-1-8(2-4-9)7-12(11(15)16)6-5-10(14)17-12/h1-4H,5-7H2,(H,15,16). The van der Waals surface area contributed by atoms with Crippen molar-refractivity contribution in [1.82, 2.24) is 0 Å². The molecular weight excluding hydrogens is 227 g/mol. The summed E-state index contributed by atoms with van der Waals surface area (Å²) in [6.07, 6.45) is 0.320. The van der Waals surface area contributed by atoms with Gasteiger partial charge >= 0.3 is 11.9 Å². The summed E-state index contributed by atoms with van der Waals surface area (Å²) in [6.45, 7) is 0. The van der Waals surface area contributed by atoms with Gasteiger partial charge < -0.3 is 9.84 Å². The molecule has 90 valence electrons. The highest BCUT2D eigenvalue weighted by atomic mass is 19.1. The van der Waals surface area contributed by atoms with Crippen LogP contribution >= 0.6 is 0 Å². The molecule has 1 aromatic rings. The Kier molecular flexibility index (Phi) is 2.83. The minimum Gasteiger partial charge on any atom is -0.478 e. The van der Waals surface area contributed by atoms with Gasteiger partial charge in [0.25, 0.3) is 0 Å². The van der Waals surface area contributed by atoms with Crippen molar-refractivity contribution in [3.05, 3.63) is 35.6 Å². The highest BCUT2D eigenvalue weighted by Gasteiger charge is 2.47. The number of aliphatic carboxylic acids is 1. The monoisotopic (exact) mass is 238 g/mol. The summed E-state index contributed by atoms with van der Waals surface area (Å²) in [5, 5.41) is 9.15. The van der Waals surface area contributed by atoms with Crippen LogP contribution in [0.2, 0.25) is 0 Å². The molecule has 1 unspecified atom stereocenters. The van der Waals surface area contributed by atoms with Gasteiger partial charge in [-0.15, -0.1) is 0 Å². The minimum absolute atomic E-state index is 0.0638. The highest BCUT2D eigenvalue weighted by Crippen LogP contribution is 2.30. The third-order valence-corrected chi connectivity index (χ3v) is 2.83. The lowest BCUT2D eigenvalue weighted by atomic mass is 9.92. The molecule has 1 saturated heterocycles. The molecule has 17 heavy (non-hydrogen) atoms. The zero-order valence-electron chi connectivity index (χ0n) is 8.98. The number of cyclic esters (lactones) is 1. The number of esters is 1. The van der Waals surface area contributed by atoms with E-state index in [1.54, 1.807) is 0 Å². The molecule has 1 N–H and O–H groups in total. The molecule has 0 saturated carbocycles. The number of hydrogen-bond donors (Lipinski definition) is 1. The number of hydrogen-bond acceptors (Lipinski definition) is 3. The van der Waals surface area contributed by atoms with E-state index in [0.29, 0.717) is 5.56 Å². The van der Waals surface area contributed by atoms with E-state index in [0.717, 1.165) is 0 Å². The van der Waals surface area contributed by atoms with Gasteiger partial charge in [-0.25, -0.2) is 9.18 Å². The normalized spacial score (nSPS) is 23.5. The van der Waals surface area contributed by atoms with E-state index in [9.17, 15) is 14.0 Å². The molecule has 1 aromatic carbocycles. The number of carbonyl (C=O) groups is 2. The van der Waals surface area contributed by atoms with Gasteiger partial charge in [-0.1, -0.05) is 12.1 Å². The molecule has 1 heterocycles. The number of halogens is 1. The summed E-state index contributed by atoms with van der Waals surface area (Å²) >= 11 is 0. The molecule has 5 heteroatoms. The van der Waals surface area contributed by atoms with Gasteiger partial charge in [0.2, 0.25) is 5.60 Å². The lowest BCUT2D eigenvalue weighted by molar-refractivity contribution is -0.169. The van der Waals surface area contributed by atoms with Gasteiger partial charge in [0.15, 0.2) is 0 Å². The van der Waals surface area contributed by atoms with E-state index >= 15 is 0 Å². The Balaban J connectivity index is 2.22. The molecule has 4 nitrogen and oxygen atoms in total. The molecule has 1 aliphatic heterocycles. The van der Waals surface area contributed by atoms with Crippen LogP contribution in [0.5, 0.6) is 0 Å². The molecule has 0 amide bonds. The quantitative estimate of drug-likeness (QED) is 0.811. The fourth-order valence-corrected chi connectivity index (χ4v) is 1.91. The van der Waals surface area contributed by atoms with Crippen LogP contribution in [0.1, 0.15) is 18.4 Å². The Labute approximate surface area is 97.0 Å². The van der Waals surface area contributed by atoms with Crippen molar-refractivity contribution < 1.29 is 23.8 Å². The topological polar surface area (TPSA) is 63.6 Å². The smallest absolute Gasteiger partial charge is 0.348 e. The number of carboxylic acid groups (broad SMARTS) is 1. The number of rotatable bonds is 3. The van der Waals surface area contributed by atoms with Crippen LogP contribution in [0.3, 0.4) is 0 Å². The summed E-state index contributed by atoms with van der Waals surface area (Å²) in [7, 11) is 0. The Bertz CT molecular complexity index is 454. The van der Waals surface area contributed by atoms with E-state index in [1.807, 2.05) is 0 Å². The summed E-state index contributed by atoms with van der Waals surface area (Å²) < 4.78 is 17.6. The van der Waals surface area contributed by atoms with E-state index in [1.165, 1.54) is 24.3 Å². The van der Waals surface area contributed by atoms with Crippen molar-refractivity contribution in [3.8, 4) is 0 Å². The Morgan fingerprint density at radius 3 is 2.53 bits per heavy atom. The maximum atomic E-state index is 12.7. The molecule has 2 rings (SSSR count). The predicted molar refractivity (Wildman–Crippen MR) is 55.8 cm³/mol. The Morgan fingerprint density at radius 2 is 2.06 bits per heavy atom. The van der Waals surface area contributed by atoms with E-state index in [-0.39, 0.29) is 25.1 Å². The average molecular weight is 238 g/mol. The predicted octanol–water partition coefficient (Wildman–Crippen LogP) is 1.53. The van der Waals surface area contributed by atoms with Crippen LogP contribution in [-0.2, 0) is 20.7 Å². The molecular formula is C12H11FO4. The van der Waals surface area contributed by atoms with Crippen LogP contribution in [0.25, 0.3) is 0 Å². The maximum absolute atomic E-state index is 12.7. The molecule has 1 aliphatic rings. The van der Waals surface area contributed by atoms with Crippen molar-refractivity contribution in [1.29, 1.82) is 0 Å². The second-order valence-electron chi connectivity index (χ2n) is 4.08. The highest BCUT2D eigenvalue weighted by molar-refractivity contribution is 5.85. The first kappa shape index (κ1) is 11.6. The third kappa shape index (κ3) is 2.27. The number of benzene rings is 1. The minimum atomic E-state index is -1.49. The van der Waals surface area contributed by atoms with Gasteiger partial charge in [-0.3, -0.25) is 4.79 Å². The zero-order valence-corrected chi connectivity index (χ0v) is 8.98. The summed E-state index contributed by atoms with van der Waals surface area (Å²) in [4.78, 5) is 22.3. The van der Waals surface area contributed by atoms with Crippen molar-refractivity contribution in [2.75, 3.05) is 0 Å². The Morgan fingerprint density at radius 1 is 1.41 bits per heavy atom. The van der Waals surface area contributed by atoms with Gasteiger partial charge in [-0.2, -0.15) is 0 Å². The fourth-order valence-electron chi connectivity index (χ4n) is 1.91. The van der Waals surface area contributed by atoms with Gasteiger partial charge in [0.1, 0.15) is 5.82 Å². The number of ether oxygens (including phenoxy) is 1. The Hall–Kier alpha value is -1.91. The zero-order chi connectivity index (χ0) is 12.5. The van der Waals surface area contributed by atoms with Crippen LogP contribution in [0.15, 0.2) is 24.3 Å². The first-order valence-electron chi connectivity index (χ1n) is 5.21. The lowest BCUT2D eigenvalue weighted by Crippen LogP contribution is -2.40. The largest absolute Gasteiger partial charge is 0.478 e. The van der Waals surface area contributed by atoms with Crippen LogP contribution in [-0.4, -0.2) is 22.6 Å². The second-order valence-corrected chi connectivity index (χ2v) is 4.08. The second kappa shape index (κ2) is 4.16. The molecule has 1 atom stereocenters. The van der Waals surface area contributed by atoms with Crippen molar-refractivity contribution in [3.63, 3.8) is 0 Å².